The number of carbonyl (C=O) groups is 1. The topological polar surface area (TPSA) is 38.3 Å². The highest BCUT2D eigenvalue weighted by molar-refractivity contribution is 9.10. The van der Waals surface area contributed by atoms with Gasteiger partial charge in [-0.1, -0.05) is 39.7 Å². The third kappa shape index (κ3) is 4.83. The lowest BCUT2D eigenvalue weighted by Gasteiger charge is -2.20. The van der Waals surface area contributed by atoms with E-state index in [0.717, 1.165) is 10.0 Å². The van der Waals surface area contributed by atoms with Crippen LogP contribution in [-0.2, 0) is 4.79 Å². The van der Waals surface area contributed by atoms with Crippen molar-refractivity contribution in [1.29, 1.82) is 0 Å². The van der Waals surface area contributed by atoms with Crippen LogP contribution in [0.25, 0.3) is 0 Å². The van der Waals surface area contributed by atoms with Crippen LogP contribution in [0.5, 0.6) is 5.75 Å². The molecular weight excluding hydrogens is 354 g/mol. The molecule has 0 heterocycles. The van der Waals surface area contributed by atoms with Crippen molar-refractivity contribution in [1.82, 2.24) is 5.32 Å². The number of ether oxygens (including phenoxy) is 1. The van der Waals surface area contributed by atoms with Crippen molar-refractivity contribution in [2.75, 3.05) is 0 Å². The van der Waals surface area contributed by atoms with Gasteiger partial charge in [0.15, 0.2) is 6.10 Å². The van der Waals surface area contributed by atoms with Crippen molar-refractivity contribution in [3.05, 3.63) is 63.6 Å². The third-order valence-electron chi connectivity index (χ3n) is 3.75. The molecule has 0 aliphatic rings. The van der Waals surface area contributed by atoms with Crippen LogP contribution in [0.1, 0.15) is 36.6 Å². The molecule has 0 saturated carbocycles. The number of benzene rings is 2. The van der Waals surface area contributed by atoms with E-state index < -0.39 is 6.10 Å². The van der Waals surface area contributed by atoms with Crippen LogP contribution in [0.4, 0.5) is 0 Å². The summed E-state index contributed by atoms with van der Waals surface area (Å²) in [5.74, 6) is 0.551. The second-order valence-electron chi connectivity index (χ2n) is 5.80. The molecule has 1 N–H and O–H groups in total. The summed E-state index contributed by atoms with van der Waals surface area (Å²) in [6, 6.07) is 13.6. The Labute approximate surface area is 146 Å². The minimum absolute atomic E-state index is 0.0564. The van der Waals surface area contributed by atoms with Crippen LogP contribution in [-0.4, -0.2) is 12.0 Å². The highest BCUT2D eigenvalue weighted by atomic mass is 79.9. The number of amides is 1. The van der Waals surface area contributed by atoms with E-state index in [-0.39, 0.29) is 11.9 Å². The van der Waals surface area contributed by atoms with Gasteiger partial charge in [0.1, 0.15) is 5.75 Å². The largest absolute Gasteiger partial charge is 0.481 e. The maximum absolute atomic E-state index is 12.3. The Balaban J connectivity index is 1.98. The first-order valence-electron chi connectivity index (χ1n) is 7.66. The van der Waals surface area contributed by atoms with Crippen molar-refractivity contribution < 1.29 is 9.53 Å². The van der Waals surface area contributed by atoms with Gasteiger partial charge < -0.3 is 10.1 Å². The Morgan fingerprint density at radius 1 is 1.09 bits per heavy atom. The smallest absolute Gasteiger partial charge is 0.261 e. The number of hydrogen-bond donors (Lipinski definition) is 1. The highest BCUT2D eigenvalue weighted by Gasteiger charge is 2.18. The molecule has 0 saturated heterocycles. The standard InChI is InChI=1S/C19H22BrNO2/c1-12-5-10-18(13(2)11-12)14(3)21-19(22)15(4)23-17-8-6-16(20)7-9-17/h5-11,14-15H,1-4H3,(H,21,22)/t14-,15-/m1/s1. The van der Waals surface area contributed by atoms with Gasteiger partial charge in [0.2, 0.25) is 0 Å². The Morgan fingerprint density at radius 3 is 2.35 bits per heavy atom. The van der Waals surface area contributed by atoms with Gasteiger partial charge in [-0.05, 0) is 63.1 Å². The summed E-state index contributed by atoms with van der Waals surface area (Å²) in [6.07, 6.45) is -0.552. The second-order valence-corrected chi connectivity index (χ2v) is 6.72. The number of halogens is 1. The number of hydrogen-bond acceptors (Lipinski definition) is 2. The molecule has 0 spiro atoms. The first-order valence-corrected chi connectivity index (χ1v) is 8.46. The number of carbonyl (C=O) groups excluding carboxylic acids is 1. The summed E-state index contributed by atoms with van der Waals surface area (Å²) in [4.78, 5) is 12.3. The fraction of sp³-hybridized carbons (Fsp3) is 0.316. The highest BCUT2D eigenvalue weighted by Crippen LogP contribution is 2.20. The molecule has 0 aliphatic heterocycles. The summed E-state index contributed by atoms with van der Waals surface area (Å²) in [6.45, 7) is 7.87. The molecule has 0 radical (unpaired) electrons. The predicted molar refractivity (Wildman–Crippen MR) is 96.7 cm³/mol. The van der Waals surface area contributed by atoms with Gasteiger partial charge in [0, 0.05) is 4.47 Å². The molecule has 3 nitrogen and oxygen atoms in total. The van der Waals surface area contributed by atoms with Crippen LogP contribution in [0.2, 0.25) is 0 Å². The van der Waals surface area contributed by atoms with Crippen molar-refractivity contribution in [2.24, 2.45) is 0 Å². The van der Waals surface area contributed by atoms with Crippen molar-refractivity contribution in [3.63, 3.8) is 0 Å². The van der Waals surface area contributed by atoms with E-state index in [1.165, 1.54) is 11.1 Å². The lowest BCUT2D eigenvalue weighted by atomic mass is 10.0. The molecule has 23 heavy (non-hydrogen) atoms. The van der Waals surface area contributed by atoms with Gasteiger partial charge >= 0.3 is 0 Å². The zero-order valence-electron chi connectivity index (χ0n) is 13.9. The van der Waals surface area contributed by atoms with E-state index in [2.05, 4.69) is 53.3 Å². The fourth-order valence-electron chi connectivity index (χ4n) is 2.49. The average molecular weight is 376 g/mol. The Hall–Kier alpha value is -1.81. The molecule has 2 rings (SSSR count). The molecule has 0 fully saturated rings. The molecule has 0 unspecified atom stereocenters. The average Bonchev–Trinajstić information content (AvgIpc) is 2.49. The van der Waals surface area contributed by atoms with Crippen LogP contribution in [0.15, 0.2) is 46.9 Å². The van der Waals surface area contributed by atoms with E-state index in [1.54, 1.807) is 6.92 Å². The minimum atomic E-state index is -0.552. The van der Waals surface area contributed by atoms with Crippen molar-refractivity contribution >= 4 is 21.8 Å². The molecule has 0 bridgehead atoms. The van der Waals surface area contributed by atoms with Crippen LogP contribution < -0.4 is 10.1 Å². The van der Waals surface area contributed by atoms with Crippen molar-refractivity contribution in [3.8, 4) is 5.75 Å². The number of nitrogens with one attached hydrogen (secondary N) is 1. The molecule has 0 aliphatic carbocycles. The van der Waals surface area contributed by atoms with E-state index in [0.29, 0.717) is 5.75 Å². The van der Waals surface area contributed by atoms with Gasteiger partial charge in [-0.25, -0.2) is 0 Å². The SMILES string of the molecule is Cc1ccc([C@@H](C)NC(=O)[C@@H](C)Oc2ccc(Br)cc2)c(C)c1. The van der Waals surface area contributed by atoms with Gasteiger partial charge in [-0.15, -0.1) is 0 Å². The number of rotatable bonds is 5. The van der Waals surface area contributed by atoms with E-state index in [1.807, 2.05) is 31.2 Å². The van der Waals surface area contributed by atoms with Crippen LogP contribution >= 0.6 is 15.9 Å². The van der Waals surface area contributed by atoms with Crippen LogP contribution in [0, 0.1) is 13.8 Å². The van der Waals surface area contributed by atoms with Gasteiger partial charge in [0.25, 0.3) is 5.91 Å². The monoisotopic (exact) mass is 375 g/mol. The molecule has 4 heteroatoms. The fourth-order valence-corrected chi connectivity index (χ4v) is 2.76. The maximum Gasteiger partial charge on any atom is 0.261 e. The summed E-state index contributed by atoms with van der Waals surface area (Å²) in [5.41, 5.74) is 3.52. The Morgan fingerprint density at radius 2 is 1.74 bits per heavy atom. The Bertz CT molecular complexity index is 682. The normalized spacial score (nSPS) is 13.3. The van der Waals surface area contributed by atoms with E-state index >= 15 is 0 Å². The van der Waals surface area contributed by atoms with E-state index in [9.17, 15) is 4.79 Å². The van der Waals surface area contributed by atoms with Crippen molar-refractivity contribution in [2.45, 2.75) is 39.8 Å². The lowest BCUT2D eigenvalue weighted by molar-refractivity contribution is -0.127. The molecule has 2 aromatic rings. The summed E-state index contributed by atoms with van der Waals surface area (Å²) in [5, 5.41) is 3.01. The molecular formula is C19H22BrNO2. The molecule has 122 valence electrons. The van der Waals surface area contributed by atoms with Gasteiger partial charge in [0.05, 0.1) is 6.04 Å². The van der Waals surface area contributed by atoms with Crippen LogP contribution in [0.3, 0.4) is 0 Å². The molecule has 0 aromatic heterocycles. The maximum atomic E-state index is 12.3. The minimum Gasteiger partial charge on any atom is -0.481 e. The summed E-state index contributed by atoms with van der Waals surface area (Å²) >= 11 is 3.38. The first-order chi connectivity index (χ1) is 10.9. The molecule has 1 amide bonds. The predicted octanol–water partition coefficient (Wildman–Crippen LogP) is 4.71. The molecule has 2 aromatic carbocycles. The second kappa shape index (κ2) is 7.64. The molecule has 2 atom stereocenters. The quantitative estimate of drug-likeness (QED) is 0.821. The summed E-state index contributed by atoms with van der Waals surface area (Å²) in [7, 11) is 0. The Kier molecular flexibility index (Phi) is 5.83. The first kappa shape index (κ1) is 17.5. The third-order valence-corrected chi connectivity index (χ3v) is 4.27. The number of aryl methyl sites for hydroxylation is 2. The van der Waals surface area contributed by atoms with Gasteiger partial charge in [-0.3, -0.25) is 4.79 Å². The zero-order valence-corrected chi connectivity index (χ0v) is 15.5. The summed E-state index contributed by atoms with van der Waals surface area (Å²) < 4.78 is 6.66. The van der Waals surface area contributed by atoms with Gasteiger partial charge in [-0.2, -0.15) is 0 Å². The van der Waals surface area contributed by atoms with E-state index in [4.69, 9.17) is 4.74 Å². The lowest BCUT2D eigenvalue weighted by Crippen LogP contribution is -2.37. The zero-order chi connectivity index (χ0) is 17.0.